The first-order valence-electron chi connectivity index (χ1n) is 1.38. The van der Waals surface area contributed by atoms with Crippen molar-refractivity contribution in [1.82, 2.24) is 10.2 Å². The van der Waals surface area contributed by atoms with Crippen LogP contribution in [0.1, 0.15) is 0 Å². The zero-order chi connectivity index (χ0) is 4.41. The van der Waals surface area contributed by atoms with Crippen LogP contribution in [0, 0.1) is 0 Å². The van der Waals surface area contributed by atoms with Crippen molar-refractivity contribution < 1.29 is 0 Å². The van der Waals surface area contributed by atoms with Crippen molar-refractivity contribution in [1.29, 1.82) is 0 Å². The van der Waals surface area contributed by atoms with Crippen LogP contribution in [0.25, 0.3) is 0 Å². The average molecular weight is 102 g/mol. The fourth-order valence-corrected chi connectivity index (χ4v) is 0.486. The van der Waals surface area contributed by atoms with Crippen molar-refractivity contribution in [3.8, 4) is 0 Å². The highest BCUT2D eigenvalue weighted by Crippen LogP contribution is 1.70. The molecule has 1 aromatic heterocycles. The Labute approximate surface area is 37.6 Å². The van der Waals surface area contributed by atoms with Crippen molar-refractivity contribution in [2.75, 3.05) is 0 Å². The van der Waals surface area contributed by atoms with E-state index in [1.165, 1.54) is 5.51 Å². The van der Waals surface area contributed by atoms with Crippen LogP contribution >= 0.6 is 11.3 Å². The van der Waals surface area contributed by atoms with Crippen LogP contribution in [0.15, 0.2) is 10.3 Å². The Balaban J connectivity index is 3.41. The lowest BCUT2D eigenvalue weighted by Gasteiger charge is -1.48. The molecule has 0 atom stereocenters. The maximum absolute atomic E-state index is 9.97. The first-order chi connectivity index (χ1) is 2.89. The molecule has 0 bridgehead atoms. The number of aromatic amines is 1. The molecule has 0 spiro atoms. The number of hydrogen-bond donors (Lipinski definition) is 1. The molecule has 32 valence electrons. The van der Waals surface area contributed by atoms with Gasteiger partial charge in [0.25, 0.3) is 0 Å². The van der Waals surface area contributed by atoms with Gasteiger partial charge >= 0.3 is 4.87 Å². The molecule has 1 N–H and O–H groups in total. The van der Waals surface area contributed by atoms with Gasteiger partial charge in [0.2, 0.25) is 0 Å². The number of nitrogens with one attached hydrogen (secondary N) is 1. The lowest BCUT2D eigenvalue weighted by atomic mass is 11.5. The third kappa shape index (κ3) is 0.463. The number of rotatable bonds is 0. The SMILES string of the molecule is O=c1[nH]ncs1. The molecule has 1 aromatic rings. The van der Waals surface area contributed by atoms with E-state index in [4.69, 9.17) is 0 Å². The van der Waals surface area contributed by atoms with Gasteiger partial charge in [-0.3, -0.25) is 4.79 Å². The Bertz CT molecular complexity index is 149. The van der Waals surface area contributed by atoms with Gasteiger partial charge in [0.1, 0.15) is 5.51 Å². The fourth-order valence-electron chi connectivity index (χ4n) is 0.180. The summed E-state index contributed by atoms with van der Waals surface area (Å²) in [7, 11) is 0. The van der Waals surface area contributed by atoms with Crippen LogP contribution in [0.3, 0.4) is 0 Å². The van der Waals surface area contributed by atoms with E-state index in [2.05, 4.69) is 10.2 Å². The highest BCUT2D eigenvalue weighted by molar-refractivity contribution is 7.06. The van der Waals surface area contributed by atoms with Crippen LogP contribution in [0.4, 0.5) is 0 Å². The summed E-state index contributed by atoms with van der Waals surface area (Å²) in [5.41, 5.74) is 1.46. The highest BCUT2D eigenvalue weighted by atomic mass is 32.1. The summed E-state index contributed by atoms with van der Waals surface area (Å²) in [4.78, 5) is 9.87. The average Bonchev–Trinajstić information content (AvgIpc) is 1.86. The van der Waals surface area contributed by atoms with Crippen molar-refractivity contribution in [3.63, 3.8) is 0 Å². The van der Waals surface area contributed by atoms with Gasteiger partial charge in [0.05, 0.1) is 0 Å². The standard InChI is InChI=1S/C2H2N2OS/c5-2-4-3-1-6-2/h1H,(H,4,5). The predicted molar refractivity (Wildman–Crippen MR) is 22.7 cm³/mol. The molecule has 0 amide bonds. The summed E-state index contributed by atoms with van der Waals surface area (Å²) in [6.07, 6.45) is 0. The molecular formula is C2H2N2OS. The quantitative estimate of drug-likeness (QED) is 0.494. The second-order valence-electron chi connectivity index (χ2n) is 0.752. The van der Waals surface area contributed by atoms with Gasteiger partial charge in [-0.1, -0.05) is 11.3 Å². The fraction of sp³-hybridized carbons (Fsp3) is 0. The number of nitrogens with zero attached hydrogens (tertiary/aromatic N) is 1. The molecule has 4 heteroatoms. The molecule has 6 heavy (non-hydrogen) atoms. The number of aromatic nitrogens is 2. The Morgan fingerprint density at radius 3 is 3.00 bits per heavy atom. The van der Waals surface area contributed by atoms with Gasteiger partial charge in [-0.05, 0) is 0 Å². The number of H-pyrrole nitrogens is 1. The van der Waals surface area contributed by atoms with Crippen LogP contribution in [-0.4, -0.2) is 10.2 Å². The Morgan fingerprint density at radius 1 is 2.00 bits per heavy atom. The Hall–Kier alpha value is -0.640. The van der Waals surface area contributed by atoms with Gasteiger partial charge in [-0.15, -0.1) is 0 Å². The zero-order valence-corrected chi connectivity index (χ0v) is 3.66. The monoisotopic (exact) mass is 102 g/mol. The molecule has 0 saturated heterocycles. The van der Waals surface area contributed by atoms with Crippen LogP contribution in [-0.2, 0) is 0 Å². The van der Waals surface area contributed by atoms with Gasteiger partial charge in [-0.25, -0.2) is 5.10 Å². The molecule has 0 unspecified atom stereocenters. The molecule has 0 aliphatic heterocycles. The Kier molecular flexibility index (Phi) is 0.719. The summed E-state index contributed by atoms with van der Waals surface area (Å²) >= 11 is 1.06. The molecule has 1 rings (SSSR count). The van der Waals surface area contributed by atoms with Crippen molar-refractivity contribution in [2.45, 2.75) is 0 Å². The minimum absolute atomic E-state index is 0.102. The topological polar surface area (TPSA) is 45.8 Å². The maximum Gasteiger partial charge on any atom is 0.322 e. The normalized spacial score (nSPS) is 8.67. The lowest BCUT2D eigenvalue weighted by molar-refractivity contribution is 1.06. The third-order valence-electron chi connectivity index (χ3n) is 0.368. The lowest BCUT2D eigenvalue weighted by Crippen LogP contribution is -1.90. The van der Waals surface area contributed by atoms with Crippen molar-refractivity contribution in [3.05, 3.63) is 15.2 Å². The molecule has 0 aromatic carbocycles. The largest absolute Gasteiger partial charge is 0.322 e. The van der Waals surface area contributed by atoms with Crippen LogP contribution < -0.4 is 4.87 Å². The first kappa shape index (κ1) is 3.55. The van der Waals surface area contributed by atoms with E-state index in [1.54, 1.807) is 0 Å². The summed E-state index contributed by atoms with van der Waals surface area (Å²) in [6, 6.07) is 0. The smallest absolute Gasteiger partial charge is 0.255 e. The zero-order valence-electron chi connectivity index (χ0n) is 2.84. The van der Waals surface area contributed by atoms with Gasteiger partial charge in [0.15, 0.2) is 0 Å². The molecule has 1 heterocycles. The second kappa shape index (κ2) is 1.22. The predicted octanol–water partition coefficient (Wildman–Crippen LogP) is -0.169. The molecular weight excluding hydrogens is 100 g/mol. The van der Waals surface area contributed by atoms with E-state index in [9.17, 15) is 4.79 Å². The van der Waals surface area contributed by atoms with Crippen molar-refractivity contribution in [2.24, 2.45) is 0 Å². The van der Waals surface area contributed by atoms with Crippen LogP contribution in [0.2, 0.25) is 0 Å². The summed E-state index contributed by atoms with van der Waals surface area (Å²) in [6.45, 7) is 0. The van der Waals surface area contributed by atoms with E-state index in [0.29, 0.717) is 0 Å². The minimum Gasteiger partial charge on any atom is -0.255 e. The first-order valence-corrected chi connectivity index (χ1v) is 2.26. The van der Waals surface area contributed by atoms with Gasteiger partial charge < -0.3 is 0 Å². The molecule has 0 radical (unpaired) electrons. The van der Waals surface area contributed by atoms with E-state index in [1.807, 2.05) is 0 Å². The maximum atomic E-state index is 9.97. The van der Waals surface area contributed by atoms with E-state index >= 15 is 0 Å². The number of hydrogen-bond acceptors (Lipinski definition) is 3. The summed E-state index contributed by atoms with van der Waals surface area (Å²) in [5, 5.41) is 5.62. The Morgan fingerprint density at radius 2 is 2.83 bits per heavy atom. The summed E-state index contributed by atoms with van der Waals surface area (Å²) in [5.74, 6) is 0. The molecule has 0 aliphatic rings. The highest BCUT2D eigenvalue weighted by Gasteiger charge is 1.73. The molecule has 0 fully saturated rings. The van der Waals surface area contributed by atoms with E-state index < -0.39 is 0 Å². The third-order valence-corrected chi connectivity index (χ3v) is 0.884. The van der Waals surface area contributed by atoms with Crippen molar-refractivity contribution >= 4 is 11.3 Å². The molecule has 0 aliphatic carbocycles. The van der Waals surface area contributed by atoms with Crippen LogP contribution in [0.5, 0.6) is 0 Å². The van der Waals surface area contributed by atoms with E-state index in [0.717, 1.165) is 11.3 Å². The molecule has 0 saturated carbocycles. The summed E-state index contributed by atoms with van der Waals surface area (Å²) < 4.78 is 0. The van der Waals surface area contributed by atoms with E-state index in [-0.39, 0.29) is 4.87 Å². The molecule has 3 nitrogen and oxygen atoms in total. The van der Waals surface area contributed by atoms with Gasteiger partial charge in [-0.2, -0.15) is 5.10 Å². The minimum atomic E-state index is -0.102. The second-order valence-corrected chi connectivity index (χ2v) is 1.57. The van der Waals surface area contributed by atoms with Gasteiger partial charge in [0, 0.05) is 0 Å².